The summed E-state index contributed by atoms with van der Waals surface area (Å²) in [5.41, 5.74) is 1.66. The van der Waals surface area contributed by atoms with E-state index in [4.69, 9.17) is 11.6 Å². The Morgan fingerprint density at radius 1 is 1.41 bits per heavy atom. The van der Waals surface area contributed by atoms with Crippen molar-refractivity contribution in [3.63, 3.8) is 0 Å². The number of aryl methyl sites for hydroxylation is 2. The van der Waals surface area contributed by atoms with Gasteiger partial charge in [0.1, 0.15) is 10.8 Å². The number of hydrogen-bond acceptors (Lipinski definition) is 3. The molecule has 0 aromatic carbocycles. The van der Waals surface area contributed by atoms with Gasteiger partial charge in [-0.2, -0.15) is 5.10 Å². The molecule has 0 unspecified atom stereocenters. The first-order valence-electron chi connectivity index (χ1n) is 5.33. The molecule has 0 aliphatic carbocycles. The molecule has 0 bridgehead atoms. The van der Waals surface area contributed by atoms with Crippen LogP contribution in [0.3, 0.4) is 0 Å². The van der Waals surface area contributed by atoms with Gasteiger partial charge in [0.05, 0.1) is 10.2 Å². The Labute approximate surface area is 113 Å². The van der Waals surface area contributed by atoms with E-state index in [1.165, 1.54) is 0 Å². The summed E-state index contributed by atoms with van der Waals surface area (Å²) >= 11 is 9.49. The van der Waals surface area contributed by atoms with E-state index < -0.39 is 0 Å². The number of aromatic nitrogens is 4. The van der Waals surface area contributed by atoms with Gasteiger partial charge in [0.2, 0.25) is 0 Å². The highest BCUT2D eigenvalue weighted by atomic mass is 79.9. The predicted molar refractivity (Wildman–Crippen MR) is 70.9 cm³/mol. The normalized spacial score (nSPS) is 10.8. The zero-order chi connectivity index (χ0) is 12.4. The van der Waals surface area contributed by atoms with E-state index in [0.717, 1.165) is 28.7 Å². The second-order valence-electron chi connectivity index (χ2n) is 3.72. The highest BCUT2D eigenvalue weighted by Crippen LogP contribution is 2.27. The molecule has 0 fully saturated rings. The van der Waals surface area contributed by atoms with Gasteiger partial charge >= 0.3 is 0 Å². The first-order chi connectivity index (χ1) is 8.11. The zero-order valence-corrected chi connectivity index (χ0v) is 12.0. The van der Waals surface area contributed by atoms with Crippen LogP contribution in [0.1, 0.15) is 19.0 Å². The predicted octanol–water partition coefficient (Wildman–Crippen LogP) is 3.25. The van der Waals surface area contributed by atoms with Crippen molar-refractivity contribution in [1.82, 2.24) is 19.7 Å². The summed E-state index contributed by atoms with van der Waals surface area (Å²) in [7, 11) is 1.86. The van der Waals surface area contributed by atoms with Crippen molar-refractivity contribution < 1.29 is 0 Å². The number of rotatable bonds is 3. The quantitative estimate of drug-likeness (QED) is 0.817. The third-order valence-corrected chi connectivity index (χ3v) is 3.64. The van der Waals surface area contributed by atoms with Crippen molar-refractivity contribution in [2.75, 3.05) is 0 Å². The minimum absolute atomic E-state index is 0.434. The molecular formula is C11H12BrClN4. The van der Waals surface area contributed by atoms with Gasteiger partial charge in [0.25, 0.3) is 0 Å². The Hall–Kier alpha value is -0.940. The van der Waals surface area contributed by atoms with Crippen molar-refractivity contribution in [1.29, 1.82) is 0 Å². The molecule has 0 saturated carbocycles. The Balaban J connectivity index is 2.48. The van der Waals surface area contributed by atoms with Gasteiger partial charge in [0, 0.05) is 13.2 Å². The molecule has 6 heteroatoms. The van der Waals surface area contributed by atoms with E-state index in [0.29, 0.717) is 11.0 Å². The number of halogens is 2. The summed E-state index contributed by atoms with van der Waals surface area (Å²) in [5.74, 6) is 0.572. The van der Waals surface area contributed by atoms with Crippen LogP contribution in [-0.2, 0) is 13.5 Å². The molecule has 2 rings (SSSR count). The smallest absolute Gasteiger partial charge is 0.181 e. The van der Waals surface area contributed by atoms with Crippen molar-refractivity contribution in [2.24, 2.45) is 7.05 Å². The molecule has 4 nitrogen and oxygen atoms in total. The summed E-state index contributed by atoms with van der Waals surface area (Å²) in [4.78, 5) is 8.72. The Kier molecular flexibility index (Phi) is 3.79. The lowest BCUT2D eigenvalue weighted by atomic mass is 10.2. The third kappa shape index (κ3) is 2.66. The number of hydrogen-bond donors (Lipinski definition) is 0. The molecular weight excluding hydrogens is 304 g/mol. The molecule has 2 aromatic rings. The van der Waals surface area contributed by atoms with Crippen LogP contribution in [0.25, 0.3) is 11.5 Å². The Bertz CT molecular complexity index is 538. The molecule has 17 heavy (non-hydrogen) atoms. The second kappa shape index (κ2) is 5.14. The fraction of sp³-hybridized carbons (Fsp3) is 0.364. The molecule has 0 amide bonds. The third-order valence-electron chi connectivity index (χ3n) is 2.31. The topological polar surface area (TPSA) is 43.6 Å². The number of nitrogens with zero attached hydrogens (tertiary/aromatic N) is 4. The molecule has 0 atom stereocenters. The summed E-state index contributed by atoms with van der Waals surface area (Å²) in [6.07, 6.45) is 3.73. The van der Waals surface area contributed by atoms with Gasteiger partial charge in [-0.25, -0.2) is 9.97 Å². The highest BCUT2D eigenvalue weighted by Gasteiger charge is 2.12. The zero-order valence-electron chi connectivity index (χ0n) is 9.61. The molecule has 0 radical (unpaired) electrons. The van der Waals surface area contributed by atoms with E-state index >= 15 is 0 Å². The summed E-state index contributed by atoms with van der Waals surface area (Å²) in [5, 5.41) is 4.71. The van der Waals surface area contributed by atoms with E-state index in [9.17, 15) is 0 Å². The molecule has 0 spiro atoms. The van der Waals surface area contributed by atoms with Crippen LogP contribution in [0.15, 0.2) is 16.7 Å². The minimum atomic E-state index is 0.434. The van der Waals surface area contributed by atoms with Crippen LogP contribution in [0.4, 0.5) is 0 Å². The maximum absolute atomic E-state index is 6.08. The second-order valence-corrected chi connectivity index (χ2v) is 4.87. The summed E-state index contributed by atoms with van der Waals surface area (Å²) < 4.78 is 2.49. The fourth-order valence-corrected chi connectivity index (χ4v) is 2.08. The maximum atomic E-state index is 6.08. The molecule has 0 saturated heterocycles. The van der Waals surface area contributed by atoms with Crippen molar-refractivity contribution >= 4 is 27.5 Å². The first kappa shape index (κ1) is 12.5. The van der Waals surface area contributed by atoms with Crippen molar-refractivity contribution in [3.8, 4) is 11.5 Å². The monoisotopic (exact) mass is 314 g/mol. The average molecular weight is 316 g/mol. The maximum Gasteiger partial charge on any atom is 0.181 e. The summed E-state index contributed by atoms with van der Waals surface area (Å²) in [6.45, 7) is 2.10. The van der Waals surface area contributed by atoms with E-state index in [1.807, 2.05) is 19.3 Å². The Morgan fingerprint density at radius 3 is 2.76 bits per heavy atom. The molecule has 90 valence electrons. The summed E-state index contributed by atoms with van der Waals surface area (Å²) in [6, 6.07) is 1.87. The van der Waals surface area contributed by atoms with E-state index in [1.54, 1.807) is 4.68 Å². The van der Waals surface area contributed by atoms with Crippen LogP contribution in [0, 0.1) is 0 Å². The van der Waals surface area contributed by atoms with E-state index in [-0.39, 0.29) is 0 Å². The first-order valence-corrected chi connectivity index (χ1v) is 6.51. The van der Waals surface area contributed by atoms with Crippen molar-refractivity contribution in [3.05, 3.63) is 27.6 Å². The lowest BCUT2D eigenvalue weighted by Gasteiger charge is -2.05. The van der Waals surface area contributed by atoms with Gasteiger partial charge in [-0.3, -0.25) is 4.68 Å². The van der Waals surface area contributed by atoms with Crippen LogP contribution >= 0.6 is 27.5 Å². The van der Waals surface area contributed by atoms with Crippen LogP contribution in [0.5, 0.6) is 0 Å². The fourth-order valence-electron chi connectivity index (χ4n) is 1.51. The minimum Gasteiger partial charge on any atom is -0.275 e. The van der Waals surface area contributed by atoms with Gasteiger partial charge < -0.3 is 0 Å². The van der Waals surface area contributed by atoms with Gasteiger partial charge in [-0.1, -0.05) is 24.9 Å². The van der Waals surface area contributed by atoms with Gasteiger partial charge in [-0.05, 0) is 28.4 Å². The average Bonchev–Trinajstić information content (AvgIpc) is 2.71. The molecule has 0 aliphatic rings. The highest BCUT2D eigenvalue weighted by molar-refractivity contribution is 9.10. The van der Waals surface area contributed by atoms with Gasteiger partial charge in [-0.15, -0.1) is 0 Å². The van der Waals surface area contributed by atoms with E-state index in [2.05, 4.69) is 37.9 Å². The lowest BCUT2D eigenvalue weighted by molar-refractivity contribution is 0.767. The van der Waals surface area contributed by atoms with Crippen LogP contribution in [0.2, 0.25) is 5.15 Å². The van der Waals surface area contributed by atoms with Crippen molar-refractivity contribution in [2.45, 2.75) is 19.8 Å². The molecule has 2 heterocycles. The molecule has 0 aliphatic heterocycles. The SMILES string of the molecule is CCCc1nc(-c2ccn(C)n2)nc(Cl)c1Br. The molecule has 0 N–H and O–H groups in total. The molecule has 2 aromatic heterocycles. The van der Waals surface area contributed by atoms with Crippen LogP contribution in [-0.4, -0.2) is 19.7 Å². The lowest BCUT2D eigenvalue weighted by Crippen LogP contribution is -1.99. The largest absolute Gasteiger partial charge is 0.275 e. The van der Waals surface area contributed by atoms with Gasteiger partial charge in [0.15, 0.2) is 5.82 Å². The standard InChI is InChI=1S/C11H12BrClN4/c1-3-4-7-9(12)10(13)15-11(14-7)8-5-6-17(2)16-8/h5-6H,3-4H2,1-2H3. The van der Waals surface area contributed by atoms with Crippen LogP contribution < -0.4 is 0 Å². The Morgan fingerprint density at radius 2 is 2.18 bits per heavy atom.